The molecule has 0 saturated heterocycles. The van der Waals surface area contributed by atoms with E-state index >= 15 is 0 Å². The molecule has 3 heteroatoms. The summed E-state index contributed by atoms with van der Waals surface area (Å²) in [6.45, 7) is 4.69. The summed E-state index contributed by atoms with van der Waals surface area (Å²) in [5, 5.41) is 0. The molecule has 1 aromatic rings. The summed E-state index contributed by atoms with van der Waals surface area (Å²) in [5.74, 6) is 1.68. The topological polar surface area (TPSA) is 29.5 Å². The van der Waals surface area contributed by atoms with Crippen molar-refractivity contribution in [3.63, 3.8) is 0 Å². The van der Waals surface area contributed by atoms with Crippen molar-refractivity contribution < 1.29 is 9.53 Å². The summed E-state index contributed by atoms with van der Waals surface area (Å²) < 4.78 is 5.93. The van der Waals surface area contributed by atoms with E-state index in [1.54, 1.807) is 0 Å². The molecule has 0 aromatic heterocycles. The fourth-order valence-electron chi connectivity index (χ4n) is 2.46. The highest BCUT2D eigenvalue weighted by molar-refractivity contribution is 5.95. The van der Waals surface area contributed by atoms with Gasteiger partial charge >= 0.3 is 0 Å². The molecule has 2 aliphatic rings. The number of nitrogens with zero attached hydrogens (tertiary/aromatic N) is 1. The molecule has 1 fully saturated rings. The molecule has 1 heterocycles. The summed E-state index contributed by atoms with van der Waals surface area (Å²) >= 11 is 0. The molecule has 0 spiro atoms. The maximum atomic E-state index is 12.4. The Hall–Kier alpha value is -1.51. The van der Waals surface area contributed by atoms with E-state index in [4.69, 9.17) is 4.74 Å². The van der Waals surface area contributed by atoms with Crippen LogP contribution in [0, 0.1) is 5.92 Å². The highest BCUT2D eigenvalue weighted by atomic mass is 16.5. The number of carbonyl (C=O) groups is 1. The van der Waals surface area contributed by atoms with Crippen LogP contribution in [-0.4, -0.2) is 18.1 Å². The third kappa shape index (κ3) is 2.22. The summed E-state index contributed by atoms with van der Waals surface area (Å²) in [6.07, 6.45) is 3.10. The lowest BCUT2D eigenvalue weighted by Crippen LogP contribution is -2.49. The smallest absolute Gasteiger partial charge is 0.227 e. The van der Waals surface area contributed by atoms with Crippen molar-refractivity contribution in [3.05, 3.63) is 24.3 Å². The summed E-state index contributed by atoms with van der Waals surface area (Å²) in [7, 11) is 0. The molecule has 18 heavy (non-hydrogen) atoms. The number of carbonyl (C=O) groups excluding carboxylic acids is 1. The Morgan fingerprint density at radius 1 is 1.39 bits per heavy atom. The molecule has 3 rings (SSSR count). The van der Waals surface area contributed by atoms with Gasteiger partial charge in [0.15, 0.2) is 0 Å². The fraction of sp³-hybridized carbons (Fsp3) is 0.533. The molecule has 1 saturated carbocycles. The van der Waals surface area contributed by atoms with E-state index in [0.717, 1.165) is 11.4 Å². The van der Waals surface area contributed by atoms with E-state index in [1.807, 2.05) is 43.0 Å². The van der Waals surface area contributed by atoms with Gasteiger partial charge in [0.25, 0.3) is 0 Å². The van der Waals surface area contributed by atoms with Crippen molar-refractivity contribution in [2.45, 2.75) is 38.7 Å². The van der Waals surface area contributed by atoms with Crippen LogP contribution in [0.3, 0.4) is 0 Å². The van der Waals surface area contributed by atoms with Crippen LogP contribution in [0.25, 0.3) is 0 Å². The highest BCUT2D eigenvalue weighted by Gasteiger charge is 2.36. The molecule has 1 amide bonds. The second-order valence-electron chi connectivity index (χ2n) is 5.96. The van der Waals surface area contributed by atoms with Crippen molar-refractivity contribution in [3.8, 4) is 5.75 Å². The van der Waals surface area contributed by atoms with Gasteiger partial charge in [-0.25, -0.2) is 0 Å². The third-order valence-electron chi connectivity index (χ3n) is 3.54. The lowest BCUT2D eigenvalue weighted by Gasteiger charge is -2.39. The minimum absolute atomic E-state index is 0.237. The summed E-state index contributed by atoms with van der Waals surface area (Å²) in [5.41, 5.74) is 0.607. The molecule has 0 N–H and O–H groups in total. The predicted octanol–water partition coefficient (Wildman–Crippen LogP) is 2.99. The molecule has 0 bridgehead atoms. The third-order valence-corrected chi connectivity index (χ3v) is 3.54. The van der Waals surface area contributed by atoms with Crippen LogP contribution in [-0.2, 0) is 4.79 Å². The maximum absolute atomic E-state index is 12.4. The maximum Gasteiger partial charge on any atom is 0.227 e. The Labute approximate surface area is 108 Å². The molecule has 0 atom stereocenters. The lowest BCUT2D eigenvalue weighted by atomic mass is 10.0. The molecule has 0 radical (unpaired) electrons. The van der Waals surface area contributed by atoms with Crippen molar-refractivity contribution in [1.82, 2.24) is 0 Å². The Balaban J connectivity index is 1.90. The number of ether oxygens (including phenoxy) is 1. The number of rotatable bonds is 2. The van der Waals surface area contributed by atoms with E-state index in [1.165, 1.54) is 12.8 Å². The van der Waals surface area contributed by atoms with Gasteiger partial charge in [-0.2, -0.15) is 0 Å². The van der Waals surface area contributed by atoms with Gasteiger partial charge in [-0.05, 0) is 44.7 Å². The molecular formula is C15H19NO2. The van der Waals surface area contributed by atoms with Gasteiger partial charge in [0.1, 0.15) is 11.4 Å². The van der Waals surface area contributed by atoms with Crippen molar-refractivity contribution >= 4 is 11.6 Å². The van der Waals surface area contributed by atoms with Gasteiger partial charge in [-0.3, -0.25) is 4.79 Å². The zero-order valence-corrected chi connectivity index (χ0v) is 11.0. The largest absolute Gasteiger partial charge is 0.484 e. The molecule has 1 aromatic carbocycles. The van der Waals surface area contributed by atoms with Crippen molar-refractivity contribution in [2.24, 2.45) is 5.92 Å². The first-order chi connectivity index (χ1) is 8.55. The highest BCUT2D eigenvalue weighted by Crippen LogP contribution is 2.39. The number of amides is 1. The molecule has 1 aliphatic heterocycles. The number of para-hydroxylation sites is 2. The van der Waals surface area contributed by atoms with Gasteiger partial charge in [0, 0.05) is 6.42 Å². The van der Waals surface area contributed by atoms with Crippen molar-refractivity contribution in [1.29, 1.82) is 0 Å². The molecule has 0 unspecified atom stereocenters. The Kier molecular flexibility index (Phi) is 2.58. The second-order valence-corrected chi connectivity index (χ2v) is 5.96. The molecule has 3 nitrogen and oxygen atoms in total. The standard InChI is InChI=1S/C15H19NO2/c1-15(2)10-16(14(17)9-11-7-8-11)12-5-3-4-6-13(12)18-15/h3-6,11H,7-10H2,1-2H3. The summed E-state index contributed by atoms with van der Waals surface area (Å²) in [6, 6.07) is 7.81. The van der Waals surface area contributed by atoms with Crippen LogP contribution in [0.1, 0.15) is 33.1 Å². The quantitative estimate of drug-likeness (QED) is 0.801. The van der Waals surface area contributed by atoms with E-state index in [0.29, 0.717) is 18.9 Å². The summed E-state index contributed by atoms with van der Waals surface area (Å²) in [4.78, 5) is 14.3. The predicted molar refractivity (Wildman–Crippen MR) is 70.8 cm³/mol. The number of fused-ring (bicyclic) bond motifs is 1. The number of hydrogen-bond donors (Lipinski definition) is 0. The van der Waals surface area contributed by atoms with Crippen LogP contribution in [0.15, 0.2) is 24.3 Å². The SMILES string of the molecule is CC1(C)CN(C(=O)CC2CC2)c2ccccc2O1. The van der Waals surface area contributed by atoms with Crippen LogP contribution < -0.4 is 9.64 Å². The second kappa shape index (κ2) is 4.01. The van der Waals surface area contributed by atoms with Crippen LogP contribution in [0.4, 0.5) is 5.69 Å². The first-order valence-electron chi connectivity index (χ1n) is 6.64. The lowest BCUT2D eigenvalue weighted by molar-refractivity contribution is -0.119. The average molecular weight is 245 g/mol. The minimum Gasteiger partial charge on any atom is -0.484 e. The average Bonchev–Trinajstić information content (AvgIpc) is 3.10. The zero-order valence-electron chi connectivity index (χ0n) is 11.0. The van der Waals surface area contributed by atoms with Gasteiger partial charge in [-0.1, -0.05) is 12.1 Å². The van der Waals surface area contributed by atoms with Crippen LogP contribution >= 0.6 is 0 Å². The number of anilines is 1. The van der Waals surface area contributed by atoms with Gasteiger partial charge in [0.05, 0.1) is 12.2 Å². The van der Waals surface area contributed by atoms with Gasteiger partial charge < -0.3 is 9.64 Å². The Morgan fingerprint density at radius 3 is 2.83 bits per heavy atom. The van der Waals surface area contributed by atoms with E-state index < -0.39 is 0 Å². The van der Waals surface area contributed by atoms with E-state index in [9.17, 15) is 4.79 Å². The number of hydrogen-bond acceptors (Lipinski definition) is 2. The molecule has 1 aliphatic carbocycles. The van der Waals surface area contributed by atoms with E-state index in [-0.39, 0.29) is 11.5 Å². The first kappa shape index (κ1) is 11.6. The van der Waals surface area contributed by atoms with Crippen molar-refractivity contribution in [2.75, 3.05) is 11.4 Å². The Morgan fingerprint density at radius 2 is 2.11 bits per heavy atom. The normalized spacial score (nSPS) is 21.1. The number of benzene rings is 1. The monoisotopic (exact) mass is 245 g/mol. The van der Waals surface area contributed by atoms with E-state index in [2.05, 4.69) is 0 Å². The van der Waals surface area contributed by atoms with Gasteiger partial charge in [0.2, 0.25) is 5.91 Å². The molecule has 96 valence electrons. The van der Waals surface area contributed by atoms with Crippen LogP contribution in [0.2, 0.25) is 0 Å². The van der Waals surface area contributed by atoms with Gasteiger partial charge in [-0.15, -0.1) is 0 Å². The molecular weight excluding hydrogens is 226 g/mol. The van der Waals surface area contributed by atoms with Crippen LogP contribution in [0.5, 0.6) is 5.75 Å². The first-order valence-corrected chi connectivity index (χ1v) is 6.64. The minimum atomic E-state index is -0.312. The fourth-order valence-corrected chi connectivity index (χ4v) is 2.46. The Bertz CT molecular complexity index is 477. The zero-order chi connectivity index (χ0) is 12.8.